The lowest BCUT2D eigenvalue weighted by atomic mass is 9.70. The van der Waals surface area contributed by atoms with Gasteiger partial charge in [0.05, 0.1) is 11.7 Å². The van der Waals surface area contributed by atoms with E-state index < -0.39 is 11.7 Å². The van der Waals surface area contributed by atoms with Crippen LogP contribution < -0.4 is 0 Å². The molecule has 178 valence electrons. The number of ether oxygens (including phenoxy) is 1. The monoisotopic (exact) mass is 451 g/mol. The molecule has 2 aromatic heterocycles. The molecular formula is C27H37N3O3. The average molecular weight is 452 g/mol. The zero-order valence-corrected chi connectivity index (χ0v) is 20.8. The van der Waals surface area contributed by atoms with Gasteiger partial charge in [-0.1, -0.05) is 40.5 Å². The van der Waals surface area contributed by atoms with Crippen LogP contribution in [0.25, 0.3) is 0 Å². The quantitative estimate of drug-likeness (QED) is 0.674. The van der Waals surface area contributed by atoms with Gasteiger partial charge >= 0.3 is 0 Å². The molecule has 3 heterocycles. The Bertz CT molecular complexity index is 1060. The largest absolute Gasteiger partial charge is 0.388 e. The van der Waals surface area contributed by atoms with Crippen LogP contribution in [0.4, 0.5) is 0 Å². The van der Waals surface area contributed by atoms with E-state index in [1.54, 1.807) is 26.2 Å². The summed E-state index contributed by atoms with van der Waals surface area (Å²) in [6.45, 7) is 12.2. The van der Waals surface area contributed by atoms with Crippen LogP contribution in [0, 0.1) is 5.41 Å². The molecule has 1 aliphatic heterocycles. The topological polar surface area (TPSA) is 88.4 Å². The molecule has 0 unspecified atom stereocenters. The number of pyridine rings is 1. The molecule has 6 nitrogen and oxygen atoms in total. The molecule has 5 rings (SSSR count). The molecule has 2 atom stereocenters. The molecule has 1 saturated carbocycles. The van der Waals surface area contributed by atoms with E-state index in [0.29, 0.717) is 5.82 Å². The minimum atomic E-state index is -1.10. The van der Waals surface area contributed by atoms with E-state index in [9.17, 15) is 10.2 Å². The van der Waals surface area contributed by atoms with Crippen molar-refractivity contribution in [3.05, 3.63) is 51.9 Å². The Morgan fingerprint density at radius 3 is 2.30 bits per heavy atom. The van der Waals surface area contributed by atoms with Gasteiger partial charge in [0.2, 0.25) is 0 Å². The van der Waals surface area contributed by atoms with Crippen molar-refractivity contribution in [2.24, 2.45) is 5.41 Å². The maximum absolute atomic E-state index is 11.4. The number of fused-ring (bicyclic) bond motifs is 4. The van der Waals surface area contributed by atoms with Crippen molar-refractivity contribution in [1.82, 2.24) is 15.0 Å². The third-order valence-corrected chi connectivity index (χ3v) is 7.65. The highest BCUT2D eigenvalue weighted by atomic mass is 16.5. The Morgan fingerprint density at radius 2 is 1.73 bits per heavy atom. The Hall–Kier alpha value is -1.89. The summed E-state index contributed by atoms with van der Waals surface area (Å²) in [4.78, 5) is 14.1. The molecule has 2 aromatic rings. The molecule has 6 heteroatoms. The van der Waals surface area contributed by atoms with Gasteiger partial charge in [0.15, 0.2) is 5.82 Å². The summed E-state index contributed by atoms with van der Waals surface area (Å²) in [6, 6.07) is 0. The fourth-order valence-electron chi connectivity index (χ4n) is 6.21. The second kappa shape index (κ2) is 7.56. The van der Waals surface area contributed by atoms with Crippen molar-refractivity contribution in [1.29, 1.82) is 0 Å². The van der Waals surface area contributed by atoms with Crippen molar-refractivity contribution in [3.63, 3.8) is 0 Å². The number of rotatable bonds is 3. The second-order valence-corrected chi connectivity index (χ2v) is 12.0. The molecule has 0 saturated heterocycles. The van der Waals surface area contributed by atoms with E-state index in [2.05, 4.69) is 37.7 Å². The number of hydrogen-bond donors (Lipinski definition) is 2. The normalized spacial score (nSPS) is 25.5. The summed E-state index contributed by atoms with van der Waals surface area (Å²) < 4.78 is 6.96. The fourth-order valence-corrected chi connectivity index (χ4v) is 6.21. The van der Waals surface area contributed by atoms with Gasteiger partial charge in [-0.05, 0) is 56.4 Å². The van der Waals surface area contributed by atoms with E-state index in [-0.39, 0.29) is 23.0 Å². The van der Waals surface area contributed by atoms with Crippen LogP contribution in [0.1, 0.15) is 131 Å². The Kier molecular flexibility index (Phi) is 5.24. The summed E-state index contributed by atoms with van der Waals surface area (Å²) >= 11 is 0. The van der Waals surface area contributed by atoms with Crippen molar-refractivity contribution >= 4 is 0 Å². The molecule has 0 bridgehead atoms. The third kappa shape index (κ3) is 3.71. The van der Waals surface area contributed by atoms with Crippen LogP contribution >= 0.6 is 0 Å². The predicted molar refractivity (Wildman–Crippen MR) is 126 cm³/mol. The summed E-state index contributed by atoms with van der Waals surface area (Å²) in [7, 11) is 0. The van der Waals surface area contributed by atoms with Crippen LogP contribution in [-0.2, 0) is 22.4 Å². The lowest BCUT2D eigenvalue weighted by molar-refractivity contribution is -0.0583. The average Bonchev–Trinajstić information content (AvgIpc) is 3.31. The molecule has 0 aromatic carbocycles. The zero-order chi connectivity index (χ0) is 23.8. The Labute approximate surface area is 196 Å². The zero-order valence-electron chi connectivity index (χ0n) is 20.8. The summed E-state index contributed by atoms with van der Waals surface area (Å²) in [5, 5.41) is 21.7. The van der Waals surface area contributed by atoms with Crippen LogP contribution in [0.2, 0.25) is 0 Å². The van der Waals surface area contributed by atoms with Crippen molar-refractivity contribution in [2.45, 2.75) is 109 Å². The predicted octanol–water partition coefficient (Wildman–Crippen LogP) is 5.12. The highest BCUT2D eigenvalue weighted by molar-refractivity contribution is 5.54. The van der Waals surface area contributed by atoms with Crippen molar-refractivity contribution < 1.29 is 14.9 Å². The molecule has 2 aliphatic carbocycles. The molecule has 0 radical (unpaired) electrons. The molecule has 1 spiro atoms. The highest BCUT2D eigenvalue weighted by Crippen LogP contribution is 2.59. The van der Waals surface area contributed by atoms with Gasteiger partial charge in [0, 0.05) is 40.5 Å². The molecule has 2 N–H and O–H groups in total. The van der Waals surface area contributed by atoms with Gasteiger partial charge in [-0.25, -0.2) is 9.97 Å². The molecular weight excluding hydrogens is 414 g/mol. The maximum Gasteiger partial charge on any atom is 0.159 e. The van der Waals surface area contributed by atoms with Gasteiger partial charge in [-0.3, -0.25) is 4.98 Å². The first-order chi connectivity index (χ1) is 15.4. The smallest absolute Gasteiger partial charge is 0.159 e. The first kappa shape index (κ1) is 22.9. The first-order valence-electron chi connectivity index (χ1n) is 12.4. The second-order valence-electron chi connectivity index (χ2n) is 12.0. The van der Waals surface area contributed by atoms with Crippen molar-refractivity contribution in [3.8, 4) is 0 Å². The van der Waals surface area contributed by atoms with Crippen molar-refractivity contribution in [2.75, 3.05) is 0 Å². The summed E-state index contributed by atoms with van der Waals surface area (Å²) in [5.74, 6) is 0.621. The highest BCUT2D eigenvalue weighted by Gasteiger charge is 2.52. The Morgan fingerprint density at radius 1 is 1.09 bits per heavy atom. The van der Waals surface area contributed by atoms with Gasteiger partial charge < -0.3 is 14.9 Å². The fraction of sp³-hybridized carbons (Fsp3) is 0.667. The number of nitrogens with zero attached hydrogens (tertiary/aromatic N) is 3. The number of aromatic nitrogens is 3. The van der Waals surface area contributed by atoms with Crippen LogP contribution in [0.3, 0.4) is 0 Å². The van der Waals surface area contributed by atoms with E-state index in [4.69, 9.17) is 9.72 Å². The lowest BCUT2D eigenvalue weighted by Crippen LogP contribution is -2.32. The van der Waals surface area contributed by atoms with Gasteiger partial charge in [0.1, 0.15) is 11.7 Å². The van der Waals surface area contributed by atoms with E-state index in [1.807, 2.05) is 0 Å². The standard InChI is InChI=1S/C27H37N3O3/c1-15(2)22-20-21(19-17(30-22)11-25(3,4)12-18(19)31)27(9-7-8-10-27)33-23(20)16-13-28-24(29-14-16)26(5,6)32/h13-15,18,23,31-32H,7-12H2,1-6H3/t18-,23+/m0/s1. The van der Waals surface area contributed by atoms with Gasteiger partial charge in [-0.15, -0.1) is 0 Å². The lowest BCUT2D eigenvalue weighted by Gasteiger charge is -2.38. The van der Waals surface area contributed by atoms with E-state index in [1.165, 1.54) is 5.56 Å². The molecule has 0 amide bonds. The minimum absolute atomic E-state index is 0.0182. The van der Waals surface area contributed by atoms with Gasteiger partial charge in [-0.2, -0.15) is 0 Å². The molecule has 1 fully saturated rings. The van der Waals surface area contributed by atoms with Crippen LogP contribution in [-0.4, -0.2) is 25.2 Å². The summed E-state index contributed by atoms with van der Waals surface area (Å²) in [5.41, 5.74) is 4.87. The summed E-state index contributed by atoms with van der Waals surface area (Å²) in [6.07, 6.45) is 8.50. The Balaban J connectivity index is 1.73. The molecule has 33 heavy (non-hydrogen) atoms. The number of aliphatic hydroxyl groups excluding tert-OH is 1. The number of aliphatic hydroxyl groups is 2. The molecule has 3 aliphatic rings. The number of hydrogen-bond acceptors (Lipinski definition) is 6. The van der Waals surface area contributed by atoms with Gasteiger partial charge in [0.25, 0.3) is 0 Å². The minimum Gasteiger partial charge on any atom is -0.388 e. The van der Waals surface area contributed by atoms with Crippen LogP contribution in [0.15, 0.2) is 12.4 Å². The third-order valence-electron chi connectivity index (χ3n) is 7.65. The SMILES string of the molecule is CC(C)c1nc2c(c3c1[C@@H](c1cnc(C(C)(C)O)nc1)OC31CCCC1)[C@@H](O)CC(C)(C)C2. The maximum atomic E-state index is 11.4. The van der Waals surface area contributed by atoms with E-state index >= 15 is 0 Å². The first-order valence-corrected chi connectivity index (χ1v) is 12.4. The van der Waals surface area contributed by atoms with E-state index in [0.717, 1.165) is 66.6 Å². The van der Waals surface area contributed by atoms with Crippen LogP contribution in [0.5, 0.6) is 0 Å².